The van der Waals surface area contributed by atoms with Crippen molar-refractivity contribution in [3.8, 4) is 0 Å². The van der Waals surface area contributed by atoms with Crippen molar-refractivity contribution < 1.29 is 14.3 Å². The van der Waals surface area contributed by atoms with Gasteiger partial charge in [0.05, 0.1) is 0 Å². The van der Waals surface area contributed by atoms with Gasteiger partial charge in [0, 0.05) is 12.5 Å². The molecule has 0 N–H and O–H groups in total. The molecule has 0 aromatic carbocycles. The van der Waals surface area contributed by atoms with Crippen LogP contribution in [-0.4, -0.2) is 34.0 Å². The van der Waals surface area contributed by atoms with Crippen molar-refractivity contribution in [2.24, 2.45) is 5.92 Å². The van der Waals surface area contributed by atoms with Gasteiger partial charge in [-0.15, -0.1) is 0 Å². The smallest absolute Gasteiger partial charge is 0.411 e. The zero-order valence-corrected chi connectivity index (χ0v) is 12.7. The van der Waals surface area contributed by atoms with Crippen LogP contribution in [0.5, 0.6) is 0 Å². The highest BCUT2D eigenvalue weighted by atomic mass is 16.6. The number of piperidine rings is 1. The highest BCUT2D eigenvalue weighted by Crippen LogP contribution is 2.51. The highest BCUT2D eigenvalue weighted by molar-refractivity contribution is 5.93. The predicted molar refractivity (Wildman–Crippen MR) is 72.9 cm³/mol. The van der Waals surface area contributed by atoms with Crippen molar-refractivity contribution in [3.05, 3.63) is 0 Å². The van der Waals surface area contributed by atoms with Gasteiger partial charge in [0.2, 0.25) is 0 Å². The molecule has 1 aliphatic carbocycles. The fourth-order valence-corrected chi connectivity index (χ4v) is 3.64. The number of Topliss-reactive ketones (excluding diaryl/α,β-unsaturated/α-hetero) is 1. The molecule has 2 bridgehead atoms. The van der Waals surface area contributed by atoms with Gasteiger partial charge in [-0.1, -0.05) is 13.8 Å². The van der Waals surface area contributed by atoms with E-state index in [0.717, 1.165) is 19.3 Å². The molecule has 3 atom stereocenters. The fraction of sp³-hybridized carbons (Fsp3) is 0.867. The van der Waals surface area contributed by atoms with Crippen LogP contribution in [0.4, 0.5) is 4.79 Å². The van der Waals surface area contributed by atoms with E-state index in [1.54, 1.807) is 4.90 Å². The molecule has 0 aromatic heterocycles. The Morgan fingerprint density at radius 1 is 1.32 bits per heavy atom. The van der Waals surface area contributed by atoms with Crippen molar-refractivity contribution in [3.63, 3.8) is 0 Å². The van der Waals surface area contributed by atoms with Gasteiger partial charge in [0.15, 0.2) is 5.78 Å². The van der Waals surface area contributed by atoms with E-state index >= 15 is 0 Å². The third-order valence-electron chi connectivity index (χ3n) is 4.19. The fourth-order valence-electron chi connectivity index (χ4n) is 3.64. The number of hydrogen-bond acceptors (Lipinski definition) is 3. The van der Waals surface area contributed by atoms with Gasteiger partial charge in [0.25, 0.3) is 0 Å². The van der Waals surface area contributed by atoms with E-state index in [1.807, 2.05) is 27.7 Å². The Morgan fingerprint density at radius 2 is 1.95 bits per heavy atom. The normalized spacial score (nSPS) is 33.6. The van der Waals surface area contributed by atoms with Crippen LogP contribution in [0.25, 0.3) is 0 Å². The van der Waals surface area contributed by atoms with E-state index in [-0.39, 0.29) is 17.9 Å². The second-order valence-electron chi connectivity index (χ2n) is 7.06. The molecule has 0 aromatic rings. The molecule has 1 amide bonds. The summed E-state index contributed by atoms with van der Waals surface area (Å²) in [5, 5.41) is 0. The average Bonchev–Trinajstić information content (AvgIpc) is 2.23. The third kappa shape index (κ3) is 2.37. The van der Waals surface area contributed by atoms with Crippen LogP contribution in [0.2, 0.25) is 0 Å². The van der Waals surface area contributed by atoms with E-state index < -0.39 is 11.1 Å². The minimum absolute atomic E-state index is 0.182. The van der Waals surface area contributed by atoms with Crippen molar-refractivity contribution >= 4 is 11.9 Å². The summed E-state index contributed by atoms with van der Waals surface area (Å²) in [4.78, 5) is 26.4. The summed E-state index contributed by atoms with van der Waals surface area (Å²) in [6, 6.07) is 0.189. The number of nitrogens with zero attached hydrogens (tertiary/aromatic N) is 1. The van der Waals surface area contributed by atoms with Crippen LogP contribution in [0.3, 0.4) is 0 Å². The highest BCUT2D eigenvalue weighted by Gasteiger charge is 2.62. The summed E-state index contributed by atoms with van der Waals surface area (Å²) in [6.45, 7) is 9.61. The van der Waals surface area contributed by atoms with Gasteiger partial charge >= 0.3 is 6.09 Å². The number of carbonyl (C=O) groups is 2. The number of carbonyl (C=O) groups excluding carboxylic acids is 2. The summed E-state index contributed by atoms with van der Waals surface area (Å²) < 4.78 is 5.47. The molecule has 0 spiro atoms. The molecule has 19 heavy (non-hydrogen) atoms. The summed E-state index contributed by atoms with van der Waals surface area (Å²) in [6.07, 6.45) is 2.76. The van der Waals surface area contributed by atoms with E-state index in [4.69, 9.17) is 4.74 Å². The molecule has 0 radical (unpaired) electrons. The number of rotatable bonds is 2. The minimum atomic E-state index is -0.570. The van der Waals surface area contributed by atoms with Gasteiger partial charge in [-0.2, -0.15) is 0 Å². The van der Waals surface area contributed by atoms with Crippen LogP contribution in [0, 0.1) is 5.92 Å². The summed E-state index contributed by atoms with van der Waals surface area (Å²) in [5.41, 5.74) is -1.08. The van der Waals surface area contributed by atoms with Crippen LogP contribution >= 0.6 is 0 Å². The molecule has 2 aliphatic heterocycles. The lowest BCUT2D eigenvalue weighted by atomic mass is 9.62. The molecule has 1 unspecified atom stereocenters. The lowest BCUT2D eigenvalue weighted by molar-refractivity contribution is -0.160. The summed E-state index contributed by atoms with van der Waals surface area (Å²) in [5.74, 6) is 0.689. The second-order valence-corrected chi connectivity index (χ2v) is 7.06. The maximum atomic E-state index is 12.3. The van der Waals surface area contributed by atoms with E-state index in [1.165, 1.54) is 0 Å². The lowest BCUT2D eigenvalue weighted by Gasteiger charge is -2.62. The Hall–Kier alpha value is -1.06. The number of fused-ring (bicyclic) bond motifs is 2. The largest absolute Gasteiger partial charge is 0.444 e. The van der Waals surface area contributed by atoms with Crippen molar-refractivity contribution in [1.29, 1.82) is 0 Å². The Kier molecular flexibility index (Phi) is 3.40. The Balaban J connectivity index is 2.20. The lowest BCUT2D eigenvalue weighted by Crippen LogP contribution is -2.75. The van der Waals surface area contributed by atoms with Crippen molar-refractivity contribution in [1.82, 2.24) is 4.90 Å². The molecule has 2 heterocycles. The first-order valence-electron chi connectivity index (χ1n) is 7.25. The Bertz CT molecular complexity index is 399. The standard InChI is InChI=1S/C15H25NO3/c1-6-12(17)15-8-10(2)7-11(9-15)16(15)13(18)19-14(3,4)5/h10-11H,6-9H2,1-5H3/t10-,11-,15?/m1/s1. The topological polar surface area (TPSA) is 46.6 Å². The molecule has 4 nitrogen and oxygen atoms in total. The number of ether oxygens (including phenoxy) is 1. The zero-order chi connectivity index (χ0) is 14.4. The van der Waals surface area contributed by atoms with Crippen molar-refractivity contribution in [2.45, 2.75) is 77.5 Å². The molecule has 1 saturated carbocycles. The predicted octanol–water partition coefficient (Wildman–Crippen LogP) is 3.14. The molecular formula is C15H25NO3. The van der Waals surface area contributed by atoms with Crippen LogP contribution in [0.1, 0.15) is 60.3 Å². The van der Waals surface area contributed by atoms with Gasteiger partial charge < -0.3 is 4.74 Å². The van der Waals surface area contributed by atoms with E-state index in [0.29, 0.717) is 12.3 Å². The summed E-state index contributed by atoms with van der Waals surface area (Å²) >= 11 is 0. The maximum absolute atomic E-state index is 12.3. The SMILES string of the molecule is CCC(=O)C12C[C@H](C)C[C@H](C1)N2C(=O)OC(C)(C)C. The Morgan fingerprint density at radius 3 is 2.47 bits per heavy atom. The Labute approximate surface area is 115 Å². The van der Waals surface area contributed by atoms with Crippen molar-refractivity contribution in [2.75, 3.05) is 0 Å². The van der Waals surface area contributed by atoms with Gasteiger partial charge in [-0.25, -0.2) is 4.79 Å². The van der Waals surface area contributed by atoms with E-state index in [2.05, 4.69) is 6.92 Å². The zero-order valence-electron chi connectivity index (χ0n) is 12.7. The number of ketones is 1. The number of hydrogen-bond donors (Lipinski definition) is 0. The van der Waals surface area contributed by atoms with Crippen LogP contribution in [0.15, 0.2) is 0 Å². The summed E-state index contributed by atoms with van der Waals surface area (Å²) in [7, 11) is 0. The molecule has 2 saturated heterocycles. The van der Waals surface area contributed by atoms with Gasteiger partial charge in [0.1, 0.15) is 11.1 Å². The molecule has 108 valence electrons. The minimum Gasteiger partial charge on any atom is -0.444 e. The third-order valence-corrected chi connectivity index (χ3v) is 4.19. The maximum Gasteiger partial charge on any atom is 0.411 e. The molecular weight excluding hydrogens is 242 g/mol. The quantitative estimate of drug-likeness (QED) is 0.772. The van der Waals surface area contributed by atoms with Gasteiger partial charge in [-0.05, 0) is 46.0 Å². The molecule has 3 aliphatic rings. The first-order chi connectivity index (χ1) is 8.69. The molecule has 3 fully saturated rings. The molecule has 3 rings (SSSR count). The van der Waals surface area contributed by atoms with Crippen LogP contribution in [-0.2, 0) is 9.53 Å². The van der Waals surface area contributed by atoms with Crippen LogP contribution < -0.4 is 0 Å². The molecule has 4 heteroatoms. The number of amides is 1. The first kappa shape index (κ1) is 14.4. The monoisotopic (exact) mass is 267 g/mol. The first-order valence-corrected chi connectivity index (χ1v) is 7.25. The average molecular weight is 267 g/mol. The van der Waals surface area contributed by atoms with Gasteiger partial charge in [-0.3, -0.25) is 9.69 Å². The van der Waals surface area contributed by atoms with E-state index in [9.17, 15) is 9.59 Å². The second kappa shape index (κ2) is 4.50.